The highest BCUT2D eigenvalue weighted by atomic mass is 16.2. The van der Waals surface area contributed by atoms with E-state index in [1.54, 1.807) is 0 Å². The monoisotopic (exact) mass is 293 g/mol. The van der Waals surface area contributed by atoms with Crippen molar-refractivity contribution in [3.63, 3.8) is 0 Å². The normalized spacial score (nSPS) is 26.6. The van der Waals surface area contributed by atoms with E-state index < -0.39 is 6.04 Å². The molecule has 0 aromatic rings. The molecule has 1 saturated carbocycles. The third kappa shape index (κ3) is 3.26. The predicted octanol–water partition coefficient (Wildman–Crippen LogP) is 0.268. The van der Waals surface area contributed by atoms with Gasteiger partial charge in [0.2, 0.25) is 17.7 Å². The molecular weight excluding hydrogens is 270 g/mol. The summed E-state index contributed by atoms with van der Waals surface area (Å²) < 4.78 is 0. The van der Waals surface area contributed by atoms with Gasteiger partial charge in [-0.1, -0.05) is 0 Å². The van der Waals surface area contributed by atoms with Crippen LogP contribution in [-0.2, 0) is 14.4 Å². The van der Waals surface area contributed by atoms with Gasteiger partial charge < -0.3 is 10.2 Å². The van der Waals surface area contributed by atoms with Crippen LogP contribution in [0.5, 0.6) is 0 Å². The quantitative estimate of drug-likeness (QED) is 0.739. The van der Waals surface area contributed by atoms with Crippen LogP contribution in [0.3, 0.4) is 0 Å². The van der Waals surface area contributed by atoms with Crippen molar-refractivity contribution < 1.29 is 14.4 Å². The molecule has 3 fully saturated rings. The van der Waals surface area contributed by atoms with E-state index in [2.05, 4.69) is 5.32 Å². The lowest BCUT2D eigenvalue weighted by atomic mass is 10.1. The molecule has 2 saturated heterocycles. The lowest BCUT2D eigenvalue weighted by Crippen LogP contribution is -2.42. The molecular formula is C15H23N3O3. The van der Waals surface area contributed by atoms with Crippen LogP contribution >= 0.6 is 0 Å². The summed E-state index contributed by atoms with van der Waals surface area (Å²) in [5, 5.41) is 3.08. The fourth-order valence-corrected chi connectivity index (χ4v) is 3.18. The first-order valence-electron chi connectivity index (χ1n) is 8.04. The standard InChI is InChI=1S/C15H23N3O3/c19-13(17-8-2-1-3-9-17)6-7-16-12-10-14(20)18(15(12)21)11-4-5-11/h11-12,16H,1-10H2. The Hall–Kier alpha value is -1.43. The van der Waals surface area contributed by atoms with Crippen molar-refractivity contribution in [2.24, 2.45) is 0 Å². The molecule has 2 aliphatic heterocycles. The van der Waals surface area contributed by atoms with E-state index in [1.807, 2.05) is 4.90 Å². The lowest BCUT2D eigenvalue weighted by Gasteiger charge is -2.26. The first-order chi connectivity index (χ1) is 10.2. The molecule has 1 N–H and O–H groups in total. The molecule has 0 aromatic heterocycles. The number of piperidine rings is 1. The highest BCUT2D eigenvalue weighted by molar-refractivity contribution is 6.06. The number of hydrogen-bond donors (Lipinski definition) is 1. The third-order valence-corrected chi connectivity index (χ3v) is 4.53. The number of carbonyl (C=O) groups excluding carboxylic acids is 3. The van der Waals surface area contributed by atoms with Crippen molar-refractivity contribution in [3.05, 3.63) is 0 Å². The van der Waals surface area contributed by atoms with Gasteiger partial charge in [0.05, 0.1) is 12.5 Å². The molecule has 0 radical (unpaired) electrons. The van der Waals surface area contributed by atoms with Crippen LogP contribution in [0.1, 0.15) is 44.9 Å². The zero-order valence-corrected chi connectivity index (χ0v) is 12.3. The predicted molar refractivity (Wildman–Crippen MR) is 76.3 cm³/mol. The summed E-state index contributed by atoms with van der Waals surface area (Å²) in [6.07, 6.45) is 5.91. The number of hydrogen-bond acceptors (Lipinski definition) is 4. The van der Waals surface area contributed by atoms with Crippen molar-refractivity contribution in [1.29, 1.82) is 0 Å². The molecule has 21 heavy (non-hydrogen) atoms. The number of nitrogens with one attached hydrogen (secondary N) is 1. The van der Waals surface area contributed by atoms with Crippen molar-refractivity contribution in [2.75, 3.05) is 19.6 Å². The van der Waals surface area contributed by atoms with Gasteiger partial charge in [0, 0.05) is 32.1 Å². The molecule has 116 valence electrons. The van der Waals surface area contributed by atoms with Gasteiger partial charge >= 0.3 is 0 Å². The van der Waals surface area contributed by atoms with Crippen molar-refractivity contribution in [3.8, 4) is 0 Å². The highest BCUT2D eigenvalue weighted by Crippen LogP contribution is 2.31. The van der Waals surface area contributed by atoms with Gasteiger partial charge in [-0.05, 0) is 32.1 Å². The first kappa shape index (κ1) is 14.5. The molecule has 1 unspecified atom stereocenters. The fourth-order valence-electron chi connectivity index (χ4n) is 3.18. The van der Waals surface area contributed by atoms with Crippen LogP contribution in [-0.4, -0.2) is 59.2 Å². The van der Waals surface area contributed by atoms with Gasteiger partial charge in [0.1, 0.15) is 0 Å². The van der Waals surface area contributed by atoms with Gasteiger partial charge in [-0.3, -0.25) is 19.3 Å². The molecule has 6 heteroatoms. The van der Waals surface area contributed by atoms with Gasteiger partial charge in [-0.2, -0.15) is 0 Å². The zero-order valence-electron chi connectivity index (χ0n) is 12.3. The van der Waals surface area contributed by atoms with E-state index in [9.17, 15) is 14.4 Å². The summed E-state index contributed by atoms with van der Waals surface area (Å²) in [5.74, 6) is -0.0201. The maximum atomic E-state index is 12.1. The first-order valence-corrected chi connectivity index (χ1v) is 8.04. The van der Waals surface area contributed by atoms with Crippen LogP contribution in [0.4, 0.5) is 0 Å². The highest BCUT2D eigenvalue weighted by Gasteiger charge is 2.45. The zero-order chi connectivity index (χ0) is 14.8. The minimum atomic E-state index is -0.424. The Labute approximate surface area is 124 Å². The maximum Gasteiger partial charge on any atom is 0.247 e. The Morgan fingerprint density at radius 3 is 2.52 bits per heavy atom. The van der Waals surface area contributed by atoms with Crippen molar-refractivity contribution in [1.82, 2.24) is 15.1 Å². The Morgan fingerprint density at radius 2 is 1.86 bits per heavy atom. The summed E-state index contributed by atoms with van der Waals surface area (Å²) in [4.78, 5) is 39.3. The average molecular weight is 293 g/mol. The number of carbonyl (C=O) groups is 3. The van der Waals surface area contributed by atoms with E-state index in [-0.39, 0.29) is 30.2 Å². The smallest absolute Gasteiger partial charge is 0.247 e. The molecule has 2 heterocycles. The van der Waals surface area contributed by atoms with E-state index in [0.717, 1.165) is 38.8 Å². The van der Waals surface area contributed by atoms with Crippen LogP contribution in [0.2, 0.25) is 0 Å². The topological polar surface area (TPSA) is 69.7 Å². The minimum Gasteiger partial charge on any atom is -0.343 e. The number of likely N-dealkylation sites (tertiary alicyclic amines) is 2. The number of imide groups is 1. The Bertz CT molecular complexity index is 441. The Kier molecular flexibility index (Phi) is 4.24. The van der Waals surface area contributed by atoms with Crippen molar-refractivity contribution in [2.45, 2.75) is 57.0 Å². The van der Waals surface area contributed by atoms with Crippen LogP contribution < -0.4 is 5.32 Å². The number of amides is 3. The van der Waals surface area contributed by atoms with Gasteiger partial charge in [0.15, 0.2) is 0 Å². The Morgan fingerprint density at radius 1 is 1.14 bits per heavy atom. The van der Waals surface area contributed by atoms with E-state index in [4.69, 9.17) is 0 Å². The third-order valence-electron chi connectivity index (χ3n) is 4.53. The van der Waals surface area contributed by atoms with Gasteiger partial charge in [-0.25, -0.2) is 0 Å². The molecule has 0 bridgehead atoms. The van der Waals surface area contributed by atoms with Crippen LogP contribution in [0.15, 0.2) is 0 Å². The van der Waals surface area contributed by atoms with Gasteiger partial charge in [0.25, 0.3) is 0 Å². The van der Waals surface area contributed by atoms with E-state index in [1.165, 1.54) is 11.3 Å². The number of rotatable bonds is 5. The SMILES string of the molecule is O=C(CCNC1CC(=O)N(C2CC2)C1=O)N1CCCCC1. The van der Waals surface area contributed by atoms with Crippen molar-refractivity contribution >= 4 is 17.7 Å². The fraction of sp³-hybridized carbons (Fsp3) is 0.800. The summed E-state index contributed by atoms with van der Waals surface area (Å²) in [5.41, 5.74) is 0. The number of nitrogens with zero attached hydrogens (tertiary/aromatic N) is 2. The summed E-state index contributed by atoms with van der Waals surface area (Å²) >= 11 is 0. The van der Waals surface area contributed by atoms with Crippen LogP contribution in [0, 0.1) is 0 Å². The summed E-state index contributed by atoms with van der Waals surface area (Å²) in [6, 6.07) is -0.279. The largest absolute Gasteiger partial charge is 0.343 e. The summed E-state index contributed by atoms with van der Waals surface area (Å²) in [6.45, 7) is 2.18. The Balaban J connectivity index is 1.42. The lowest BCUT2D eigenvalue weighted by molar-refractivity contribution is -0.139. The second kappa shape index (κ2) is 6.13. The van der Waals surface area contributed by atoms with Crippen LogP contribution in [0.25, 0.3) is 0 Å². The second-order valence-electron chi connectivity index (χ2n) is 6.24. The second-order valence-corrected chi connectivity index (χ2v) is 6.24. The maximum absolute atomic E-state index is 12.1. The average Bonchev–Trinajstić information content (AvgIpc) is 3.27. The molecule has 0 aromatic carbocycles. The van der Waals surface area contributed by atoms with Gasteiger partial charge in [-0.15, -0.1) is 0 Å². The molecule has 3 rings (SSSR count). The molecule has 1 atom stereocenters. The molecule has 1 aliphatic carbocycles. The summed E-state index contributed by atoms with van der Waals surface area (Å²) in [7, 11) is 0. The molecule has 0 spiro atoms. The molecule has 3 amide bonds. The molecule has 6 nitrogen and oxygen atoms in total. The van der Waals surface area contributed by atoms with E-state index >= 15 is 0 Å². The van der Waals surface area contributed by atoms with E-state index in [0.29, 0.717) is 13.0 Å². The molecule has 3 aliphatic rings. The minimum absolute atomic E-state index is 0.0673.